The second-order valence-electron chi connectivity index (χ2n) is 3.85. The van der Waals surface area contributed by atoms with Crippen molar-refractivity contribution >= 4 is 17.4 Å². The lowest BCUT2D eigenvalue weighted by Crippen LogP contribution is -2.01. The van der Waals surface area contributed by atoms with Crippen molar-refractivity contribution in [2.45, 2.75) is 23.7 Å². The van der Waals surface area contributed by atoms with Gasteiger partial charge in [0, 0.05) is 12.7 Å². The third-order valence-electron chi connectivity index (χ3n) is 2.57. The summed E-state index contributed by atoms with van der Waals surface area (Å²) >= 11 is 1.40. The molecule has 0 aliphatic rings. The zero-order valence-electron chi connectivity index (χ0n) is 9.83. The molecule has 0 amide bonds. The number of aryl methyl sites for hydroxylation is 1. The predicted molar refractivity (Wildman–Crippen MR) is 68.4 cm³/mol. The van der Waals surface area contributed by atoms with Crippen molar-refractivity contribution in [3.05, 3.63) is 42.0 Å². The molecule has 0 fully saturated rings. The molecule has 6 heteroatoms. The number of nitrogens with two attached hydrogens (primary N) is 1. The molecule has 3 aromatic rings. The summed E-state index contributed by atoms with van der Waals surface area (Å²) in [4.78, 5) is 8.79. The first-order valence-electron chi connectivity index (χ1n) is 5.54. The van der Waals surface area contributed by atoms with E-state index in [0.29, 0.717) is 11.8 Å². The zero-order valence-corrected chi connectivity index (χ0v) is 10.6. The minimum absolute atomic E-state index is 0.424. The molecule has 0 spiro atoms. The Morgan fingerprint density at radius 3 is 3.00 bits per heavy atom. The van der Waals surface area contributed by atoms with E-state index in [1.165, 1.54) is 11.8 Å². The van der Waals surface area contributed by atoms with Gasteiger partial charge in [-0.3, -0.25) is 0 Å². The monoisotopic (exact) mass is 260 g/mol. The molecule has 0 bridgehead atoms. The van der Waals surface area contributed by atoms with Gasteiger partial charge in [-0.1, -0.05) is 6.07 Å². The van der Waals surface area contributed by atoms with Crippen molar-refractivity contribution in [2.75, 3.05) is 0 Å². The minimum Gasteiger partial charge on any atom is -0.439 e. The Labute approximate surface area is 108 Å². The van der Waals surface area contributed by atoms with E-state index in [4.69, 9.17) is 10.2 Å². The third kappa shape index (κ3) is 1.89. The van der Waals surface area contributed by atoms with Crippen LogP contribution in [0, 0.1) is 6.92 Å². The Kier molecular flexibility index (Phi) is 2.81. The lowest BCUT2D eigenvalue weighted by atomic mass is 10.4. The smallest absolute Gasteiger partial charge is 0.262 e. The molecule has 0 aliphatic heterocycles. The molecule has 3 heterocycles. The van der Waals surface area contributed by atoms with Crippen molar-refractivity contribution in [2.24, 2.45) is 5.73 Å². The summed E-state index contributed by atoms with van der Waals surface area (Å²) in [7, 11) is 0. The summed E-state index contributed by atoms with van der Waals surface area (Å²) in [6, 6.07) is 5.86. The van der Waals surface area contributed by atoms with Crippen LogP contribution in [0.4, 0.5) is 0 Å². The van der Waals surface area contributed by atoms with Gasteiger partial charge in [-0.05, 0) is 30.8 Å². The summed E-state index contributed by atoms with van der Waals surface area (Å²) in [6.45, 7) is 2.31. The number of oxazole rings is 1. The minimum atomic E-state index is 0.424. The molecule has 3 rings (SSSR count). The molecule has 0 unspecified atom stereocenters. The fraction of sp³-hybridized carbons (Fsp3) is 0.167. The van der Waals surface area contributed by atoms with Gasteiger partial charge in [0.15, 0.2) is 0 Å². The van der Waals surface area contributed by atoms with Crippen LogP contribution in [0.1, 0.15) is 11.4 Å². The Balaban J connectivity index is 2.05. The van der Waals surface area contributed by atoms with Crippen molar-refractivity contribution in [1.29, 1.82) is 0 Å². The van der Waals surface area contributed by atoms with E-state index in [0.717, 1.165) is 22.1 Å². The van der Waals surface area contributed by atoms with Gasteiger partial charge in [-0.15, -0.1) is 0 Å². The summed E-state index contributed by atoms with van der Waals surface area (Å²) in [5.41, 5.74) is 8.49. The van der Waals surface area contributed by atoms with E-state index in [2.05, 4.69) is 9.97 Å². The van der Waals surface area contributed by atoms with E-state index in [1.807, 2.05) is 35.7 Å². The first-order chi connectivity index (χ1) is 8.78. The SMILES string of the molecule is Cc1coc(Sc2nc3ccccn3c2CN)n1. The van der Waals surface area contributed by atoms with Crippen LogP contribution in [0.5, 0.6) is 0 Å². The standard InChI is InChI=1S/C12H12N4OS/c1-8-7-17-12(14-8)18-11-9(6-13)16-5-3-2-4-10(16)15-11/h2-5,7H,6,13H2,1H3. The quantitative estimate of drug-likeness (QED) is 0.782. The highest BCUT2D eigenvalue weighted by molar-refractivity contribution is 7.99. The van der Waals surface area contributed by atoms with E-state index >= 15 is 0 Å². The van der Waals surface area contributed by atoms with Gasteiger partial charge >= 0.3 is 0 Å². The lowest BCUT2D eigenvalue weighted by molar-refractivity contribution is 0.453. The first kappa shape index (κ1) is 11.3. The van der Waals surface area contributed by atoms with Gasteiger partial charge in [-0.25, -0.2) is 9.97 Å². The number of nitrogens with zero attached hydrogens (tertiary/aromatic N) is 3. The maximum Gasteiger partial charge on any atom is 0.262 e. The van der Waals surface area contributed by atoms with Crippen LogP contribution in [-0.2, 0) is 6.54 Å². The molecule has 5 nitrogen and oxygen atoms in total. The van der Waals surface area contributed by atoms with Crippen LogP contribution >= 0.6 is 11.8 Å². The number of fused-ring (bicyclic) bond motifs is 1. The molecule has 3 aromatic heterocycles. The van der Waals surface area contributed by atoms with Crippen LogP contribution in [0.2, 0.25) is 0 Å². The van der Waals surface area contributed by atoms with Gasteiger partial charge in [0.05, 0.1) is 11.4 Å². The van der Waals surface area contributed by atoms with Crippen LogP contribution in [0.3, 0.4) is 0 Å². The number of hydrogen-bond donors (Lipinski definition) is 1. The van der Waals surface area contributed by atoms with Gasteiger partial charge in [0.2, 0.25) is 0 Å². The molecule has 0 aromatic carbocycles. The van der Waals surface area contributed by atoms with Gasteiger partial charge in [0.25, 0.3) is 5.22 Å². The number of pyridine rings is 1. The molecular formula is C12H12N4OS. The summed E-state index contributed by atoms with van der Waals surface area (Å²) < 4.78 is 7.31. The fourth-order valence-corrected chi connectivity index (χ4v) is 2.64. The average molecular weight is 260 g/mol. The Morgan fingerprint density at radius 2 is 2.28 bits per heavy atom. The second kappa shape index (κ2) is 4.47. The van der Waals surface area contributed by atoms with Crippen molar-refractivity contribution < 1.29 is 4.42 Å². The molecule has 92 valence electrons. The molecule has 0 radical (unpaired) electrons. The number of hydrogen-bond acceptors (Lipinski definition) is 5. The third-order valence-corrected chi connectivity index (χ3v) is 3.45. The van der Waals surface area contributed by atoms with E-state index < -0.39 is 0 Å². The Bertz CT molecular complexity index is 688. The Hall–Kier alpha value is -1.79. The van der Waals surface area contributed by atoms with Gasteiger partial charge < -0.3 is 14.6 Å². The highest BCUT2D eigenvalue weighted by Gasteiger charge is 2.14. The topological polar surface area (TPSA) is 69.3 Å². The summed E-state index contributed by atoms with van der Waals surface area (Å²) in [6.07, 6.45) is 3.58. The van der Waals surface area contributed by atoms with Crippen LogP contribution in [0.15, 0.2) is 45.3 Å². The molecule has 18 heavy (non-hydrogen) atoms. The van der Waals surface area contributed by atoms with Crippen LogP contribution < -0.4 is 5.73 Å². The highest BCUT2D eigenvalue weighted by Crippen LogP contribution is 2.29. The van der Waals surface area contributed by atoms with Crippen molar-refractivity contribution in [3.63, 3.8) is 0 Å². The van der Waals surface area contributed by atoms with E-state index in [9.17, 15) is 0 Å². The predicted octanol–water partition coefficient (Wildman–Crippen LogP) is 2.24. The molecule has 2 N–H and O–H groups in total. The van der Waals surface area contributed by atoms with Crippen LogP contribution in [0.25, 0.3) is 5.65 Å². The van der Waals surface area contributed by atoms with Gasteiger partial charge in [0.1, 0.15) is 16.9 Å². The maximum absolute atomic E-state index is 5.79. The van der Waals surface area contributed by atoms with Gasteiger partial charge in [-0.2, -0.15) is 0 Å². The molecular weight excluding hydrogens is 248 g/mol. The molecule has 0 atom stereocenters. The van der Waals surface area contributed by atoms with Crippen LogP contribution in [-0.4, -0.2) is 14.4 Å². The summed E-state index contributed by atoms with van der Waals surface area (Å²) in [5, 5.41) is 1.43. The van der Waals surface area contributed by atoms with E-state index in [-0.39, 0.29) is 0 Å². The first-order valence-corrected chi connectivity index (χ1v) is 6.35. The Morgan fingerprint density at radius 1 is 1.39 bits per heavy atom. The molecule has 0 saturated heterocycles. The maximum atomic E-state index is 5.79. The summed E-state index contributed by atoms with van der Waals surface area (Å²) in [5.74, 6) is 0. The number of rotatable bonds is 3. The normalized spacial score (nSPS) is 11.2. The molecule has 0 aliphatic carbocycles. The lowest BCUT2D eigenvalue weighted by Gasteiger charge is -1.99. The highest BCUT2D eigenvalue weighted by atomic mass is 32.2. The molecule has 0 saturated carbocycles. The zero-order chi connectivity index (χ0) is 12.5. The number of aromatic nitrogens is 3. The second-order valence-corrected chi connectivity index (χ2v) is 4.79. The average Bonchev–Trinajstić information content (AvgIpc) is 2.92. The number of imidazole rings is 1. The van der Waals surface area contributed by atoms with Crippen molar-refractivity contribution in [3.8, 4) is 0 Å². The fourth-order valence-electron chi connectivity index (χ4n) is 1.75. The largest absolute Gasteiger partial charge is 0.439 e. The van der Waals surface area contributed by atoms with Crippen molar-refractivity contribution in [1.82, 2.24) is 14.4 Å². The van der Waals surface area contributed by atoms with E-state index in [1.54, 1.807) is 6.26 Å².